The SMILES string of the molecule is C[C@]12Cc3cnn(-c4ccc(F)cc4)c3C=C1CC[C@@H]2[C@H](O)c1cccc2cccnc12. The first-order chi connectivity index (χ1) is 15.5. The van der Waals surface area contributed by atoms with Crippen LogP contribution in [0.15, 0.2) is 72.6 Å². The molecule has 0 amide bonds. The Kier molecular flexibility index (Phi) is 4.30. The van der Waals surface area contributed by atoms with Crippen molar-refractivity contribution in [1.29, 1.82) is 0 Å². The lowest BCUT2D eigenvalue weighted by atomic mass is 9.67. The topological polar surface area (TPSA) is 50.9 Å². The predicted octanol–water partition coefficient (Wildman–Crippen LogP) is 5.65. The van der Waals surface area contributed by atoms with Gasteiger partial charge in [-0.25, -0.2) is 9.07 Å². The predicted molar refractivity (Wildman–Crippen MR) is 123 cm³/mol. The summed E-state index contributed by atoms with van der Waals surface area (Å²) >= 11 is 0. The Morgan fingerprint density at radius 1 is 1.12 bits per heavy atom. The molecule has 0 unspecified atom stereocenters. The van der Waals surface area contributed by atoms with Crippen LogP contribution in [0.4, 0.5) is 4.39 Å². The van der Waals surface area contributed by atoms with Gasteiger partial charge in [0.2, 0.25) is 0 Å². The summed E-state index contributed by atoms with van der Waals surface area (Å²) in [6, 6.07) is 16.4. The number of nitrogens with zero attached hydrogens (tertiary/aromatic N) is 3. The smallest absolute Gasteiger partial charge is 0.123 e. The van der Waals surface area contributed by atoms with E-state index in [1.807, 2.05) is 41.2 Å². The minimum atomic E-state index is -0.585. The van der Waals surface area contributed by atoms with Gasteiger partial charge in [0.15, 0.2) is 0 Å². The number of aromatic nitrogens is 3. The molecule has 1 fully saturated rings. The molecule has 4 nitrogen and oxygen atoms in total. The number of aliphatic hydroxyl groups is 1. The first-order valence-electron chi connectivity index (χ1n) is 11.1. The molecular weight excluding hydrogens is 401 g/mol. The summed E-state index contributed by atoms with van der Waals surface area (Å²) in [6.07, 6.45) is 8.07. The molecule has 1 saturated carbocycles. The maximum atomic E-state index is 13.4. The number of para-hydroxylation sites is 1. The lowest BCUT2D eigenvalue weighted by molar-refractivity contribution is 0.0565. The fraction of sp³-hybridized carbons (Fsp3) is 0.259. The van der Waals surface area contributed by atoms with Crippen molar-refractivity contribution in [1.82, 2.24) is 14.8 Å². The summed E-state index contributed by atoms with van der Waals surface area (Å²) in [5.41, 5.74) is 6.07. The molecule has 2 aliphatic carbocycles. The van der Waals surface area contributed by atoms with Gasteiger partial charge < -0.3 is 5.11 Å². The van der Waals surface area contributed by atoms with Gasteiger partial charge >= 0.3 is 0 Å². The van der Waals surface area contributed by atoms with E-state index in [2.05, 4.69) is 23.1 Å². The minimum Gasteiger partial charge on any atom is -0.388 e. The van der Waals surface area contributed by atoms with Crippen LogP contribution in [-0.4, -0.2) is 19.9 Å². The Hall–Kier alpha value is -3.31. The van der Waals surface area contributed by atoms with Crippen molar-refractivity contribution >= 4 is 17.0 Å². The Morgan fingerprint density at radius 2 is 1.94 bits per heavy atom. The van der Waals surface area contributed by atoms with Crippen molar-refractivity contribution in [3.63, 3.8) is 0 Å². The van der Waals surface area contributed by atoms with Crippen molar-refractivity contribution in [2.75, 3.05) is 0 Å². The number of hydrogen-bond donors (Lipinski definition) is 1. The highest BCUT2D eigenvalue weighted by atomic mass is 19.1. The molecule has 4 aromatic rings. The van der Waals surface area contributed by atoms with Crippen LogP contribution in [0.25, 0.3) is 22.7 Å². The Morgan fingerprint density at radius 3 is 2.78 bits per heavy atom. The van der Waals surface area contributed by atoms with E-state index in [1.165, 1.54) is 17.7 Å². The number of fused-ring (bicyclic) bond motifs is 3. The second-order valence-corrected chi connectivity index (χ2v) is 9.22. The summed E-state index contributed by atoms with van der Waals surface area (Å²) in [5, 5.41) is 17.2. The highest BCUT2D eigenvalue weighted by Crippen LogP contribution is 2.57. The molecule has 3 atom stereocenters. The van der Waals surface area contributed by atoms with Crippen LogP contribution < -0.4 is 0 Å². The van der Waals surface area contributed by atoms with Crippen molar-refractivity contribution in [3.05, 3.63) is 95.2 Å². The molecule has 0 spiro atoms. The fourth-order valence-corrected chi connectivity index (χ4v) is 5.75. The highest BCUT2D eigenvalue weighted by molar-refractivity contribution is 5.82. The van der Waals surface area contributed by atoms with E-state index in [9.17, 15) is 9.50 Å². The molecule has 5 heteroatoms. The molecule has 0 saturated heterocycles. The molecular formula is C27H24FN3O. The van der Waals surface area contributed by atoms with E-state index < -0.39 is 6.10 Å². The quantitative estimate of drug-likeness (QED) is 0.462. The van der Waals surface area contributed by atoms with Crippen LogP contribution in [-0.2, 0) is 6.42 Å². The highest BCUT2D eigenvalue weighted by Gasteiger charge is 2.48. The molecule has 1 N–H and O–H groups in total. The summed E-state index contributed by atoms with van der Waals surface area (Å²) in [5.74, 6) is -0.153. The molecule has 0 radical (unpaired) electrons. The van der Waals surface area contributed by atoms with Crippen LogP contribution in [0.5, 0.6) is 0 Å². The zero-order chi connectivity index (χ0) is 21.9. The second-order valence-electron chi connectivity index (χ2n) is 9.22. The van der Waals surface area contributed by atoms with Gasteiger partial charge in [-0.15, -0.1) is 0 Å². The van der Waals surface area contributed by atoms with Crippen molar-refractivity contribution in [2.24, 2.45) is 11.3 Å². The zero-order valence-electron chi connectivity index (χ0n) is 17.9. The van der Waals surface area contributed by atoms with Crippen LogP contribution in [0.2, 0.25) is 0 Å². The monoisotopic (exact) mass is 425 g/mol. The van der Waals surface area contributed by atoms with E-state index in [4.69, 9.17) is 0 Å². The molecule has 0 bridgehead atoms. The third kappa shape index (κ3) is 2.84. The molecule has 0 aliphatic heterocycles. The van der Waals surface area contributed by atoms with Crippen LogP contribution in [0, 0.1) is 17.2 Å². The van der Waals surface area contributed by atoms with Gasteiger partial charge in [0, 0.05) is 17.1 Å². The summed E-state index contributed by atoms with van der Waals surface area (Å²) in [7, 11) is 0. The maximum absolute atomic E-state index is 13.4. The fourth-order valence-electron chi connectivity index (χ4n) is 5.75. The van der Waals surface area contributed by atoms with Crippen LogP contribution >= 0.6 is 0 Å². The van der Waals surface area contributed by atoms with Gasteiger partial charge in [-0.3, -0.25) is 4.98 Å². The number of halogens is 1. The van der Waals surface area contributed by atoms with E-state index in [0.717, 1.165) is 52.7 Å². The average Bonchev–Trinajstić information content (AvgIpc) is 3.36. The molecule has 32 heavy (non-hydrogen) atoms. The van der Waals surface area contributed by atoms with E-state index in [-0.39, 0.29) is 17.2 Å². The standard InChI is InChI=1S/C27H24FN3O/c1-27-15-18-16-30-31(21-10-8-20(28)9-11-21)24(18)14-19(27)7-12-23(27)26(32)22-6-2-4-17-5-3-13-29-25(17)22/h2-6,8-11,13-14,16,23,26,32H,7,12,15H2,1H3/t23-,26-,27+/m1/s1. The van der Waals surface area contributed by atoms with Gasteiger partial charge in [-0.2, -0.15) is 5.10 Å². The lowest BCUT2D eigenvalue weighted by Crippen LogP contribution is -2.32. The summed E-state index contributed by atoms with van der Waals surface area (Å²) in [6.45, 7) is 2.27. The van der Waals surface area contributed by atoms with Gasteiger partial charge in [0.05, 0.1) is 29.2 Å². The molecule has 2 aliphatic rings. The average molecular weight is 426 g/mol. The summed E-state index contributed by atoms with van der Waals surface area (Å²) < 4.78 is 15.3. The largest absolute Gasteiger partial charge is 0.388 e. The number of allylic oxidation sites excluding steroid dienone is 1. The second kappa shape index (κ2) is 7.10. The van der Waals surface area contributed by atoms with Crippen LogP contribution in [0.3, 0.4) is 0 Å². The van der Waals surface area contributed by atoms with Crippen molar-refractivity contribution in [3.8, 4) is 5.69 Å². The van der Waals surface area contributed by atoms with Gasteiger partial charge in [-0.1, -0.05) is 36.8 Å². The Bertz CT molecular complexity index is 1350. The number of benzene rings is 2. The van der Waals surface area contributed by atoms with E-state index in [0.29, 0.717) is 0 Å². The Labute approximate surface area is 186 Å². The normalized spacial score (nSPS) is 23.0. The van der Waals surface area contributed by atoms with E-state index >= 15 is 0 Å². The molecule has 2 heterocycles. The van der Waals surface area contributed by atoms with Crippen molar-refractivity contribution < 1.29 is 9.50 Å². The third-order valence-corrected chi connectivity index (χ3v) is 7.47. The number of pyridine rings is 1. The molecule has 6 rings (SSSR count). The molecule has 2 aromatic heterocycles. The first-order valence-corrected chi connectivity index (χ1v) is 11.1. The van der Waals surface area contributed by atoms with E-state index in [1.54, 1.807) is 18.3 Å². The van der Waals surface area contributed by atoms with Gasteiger partial charge in [0.1, 0.15) is 5.82 Å². The first kappa shape index (κ1) is 19.4. The summed E-state index contributed by atoms with van der Waals surface area (Å²) in [4.78, 5) is 4.56. The number of aliphatic hydroxyl groups excluding tert-OH is 1. The third-order valence-electron chi connectivity index (χ3n) is 7.47. The maximum Gasteiger partial charge on any atom is 0.123 e. The Balaban J connectivity index is 1.38. The van der Waals surface area contributed by atoms with Gasteiger partial charge in [0.25, 0.3) is 0 Å². The van der Waals surface area contributed by atoms with Crippen LogP contribution in [0.1, 0.15) is 42.7 Å². The number of rotatable bonds is 3. The lowest BCUT2D eigenvalue weighted by Gasteiger charge is -2.38. The number of hydrogen-bond acceptors (Lipinski definition) is 3. The molecule has 160 valence electrons. The zero-order valence-corrected chi connectivity index (χ0v) is 17.9. The minimum absolute atomic E-state index is 0.101. The van der Waals surface area contributed by atoms with Crippen molar-refractivity contribution in [2.45, 2.75) is 32.3 Å². The molecule has 2 aromatic carbocycles. The van der Waals surface area contributed by atoms with Gasteiger partial charge in [-0.05, 0) is 72.6 Å².